The Morgan fingerprint density at radius 1 is 1.33 bits per heavy atom. The summed E-state index contributed by atoms with van der Waals surface area (Å²) >= 11 is 1.21. The first-order valence-corrected chi connectivity index (χ1v) is 5.67. The van der Waals surface area contributed by atoms with E-state index in [-0.39, 0.29) is 0 Å². The Morgan fingerprint density at radius 3 is 2.60 bits per heavy atom. The van der Waals surface area contributed by atoms with Crippen LogP contribution in [0.2, 0.25) is 0 Å². The lowest BCUT2D eigenvalue weighted by Crippen LogP contribution is -2.19. The minimum absolute atomic E-state index is 0.291. The molecule has 0 radical (unpaired) electrons. The van der Waals surface area contributed by atoms with Crippen LogP contribution in [-0.2, 0) is 0 Å². The molecule has 1 nitrogen and oxygen atoms in total. The number of halogens is 2. The van der Waals surface area contributed by atoms with E-state index >= 15 is 0 Å². The van der Waals surface area contributed by atoms with Gasteiger partial charge in [-0.05, 0) is 38.5 Å². The summed E-state index contributed by atoms with van der Waals surface area (Å²) in [5.74, 6) is -0.302. The molecule has 1 aromatic carbocycles. The Hall–Kier alpha value is -0.610. The van der Waals surface area contributed by atoms with Crippen LogP contribution < -0.4 is 0 Å². The molecule has 1 N–H and O–H groups in total. The lowest BCUT2D eigenvalue weighted by atomic mass is 10.1. The molecule has 0 saturated heterocycles. The smallest absolute Gasteiger partial charge is 0.136 e. The topological polar surface area (TPSA) is 20.2 Å². The predicted octanol–water partition coefficient (Wildman–Crippen LogP) is 3.22. The van der Waals surface area contributed by atoms with E-state index in [1.165, 1.54) is 17.8 Å². The second-order valence-corrected chi connectivity index (χ2v) is 5.12. The molecule has 0 aliphatic heterocycles. The van der Waals surface area contributed by atoms with Crippen molar-refractivity contribution in [2.24, 2.45) is 0 Å². The van der Waals surface area contributed by atoms with Gasteiger partial charge in [0.2, 0.25) is 0 Å². The number of benzene rings is 1. The lowest BCUT2D eigenvalue weighted by molar-refractivity contribution is 0.0777. The van der Waals surface area contributed by atoms with E-state index in [0.29, 0.717) is 17.1 Å². The van der Waals surface area contributed by atoms with Gasteiger partial charge in [-0.25, -0.2) is 8.78 Å². The van der Waals surface area contributed by atoms with Crippen molar-refractivity contribution in [2.75, 3.05) is 5.75 Å². The van der Waals surface area contributed by atoms with Crippen molar-refractivity contribution >= 4 is 11.8 Å². The van der Waals surface area contributed by atoms with Crippen molar-refractivity contribution in [3.63, 3.8) is 0 Å². The molecule has 15 heavy (non-hydrogen) atoms. The molecule has 1 rings (SSSR count). The van der Waals surface area contributed by atoms with Gasteiger partial charge in [0, 0.05) is 10.6 Å². The summed E-state index contributed by atoms with van der Waals surface area (Å²) < 4.78 is 25.9. The summed E-state index contributed by atoms with van der Waals surface area (Å²) in [5.41, 5.74) is -0.767. The van der Waals surface area contributed by atoms with Gasteiger partial charge >= 0.3 is 0 Å². The number of rotatable bonds is 4. The van der Waals surface area contributed by atoms with Crippen LogP contribution >= 0.6 is 11.8 Å². The zero-order chi connectivity index (χ0) is 11.5. The number of hydrogen-bond donors (Lipinski definition) is 1. The maximum absolute atomic E-state index is 13.1. The zero-order valence-corrected chi connectivity index (χ0v) is 9.57. The van der Waals surface area contributed by atoms with Gasteiger partial charge < -0.3 is 5.11 Å². The van der Waals surface area contributed by atoms with Gasteiger partial charge in [0.1, 0.15) is 11.6 Å². The normalized spacial score (nSPS) is 11.8. The Morgan fingerprint density at radius 2 is 2.00 bits per heavy atom. The third-order valence-electron chi connectivity index (χ3n) is 1.86. The molecule has 0 aliphatic carbocycles. The molecule has 84 valence electrons. The van der Waals surface area contributed by atoms with Crippen LogP contribution in [-0.4, -0.2) is 16.5 Å². The highest BCUT2D eigenvalue weighted by Crippen LogP contribution is 2.25. The number of thioether (sulfide) groups is 1. The van der Waals surface area contributed by atoms with Gasteiger partial charge in [-0.3, -0.25) is 0 Å². The minimum atomic E-state index is -0.767. The standard InChI is InChI=1S/C11H14F2OS/c1-11(2,14)5-6-15-10-7-8(12)3-4-9(10)13/h3-4,7,14H,5-6H2,1-2H3. The maximum atomic E-state index is 13.1. The molecular weight excluding hydrogens is 218 g/mol. The number of aliphatic hydroxyl groups is 1. The van der Waals surface area contributed by atoms with Gasteiger partial charge in [0.05, 0.1) is 5.60 Å². The van der Waals surface area contributed by atoms with Crippen LogP contribution in [0.15, 0.2) is 23.1 Å². The van der Waals surface area contributed by atoms with Gasteiger partial charge in [-0.1, -0.05) is 0 Å². The van der Waals surface area contributed by atoms with E-state index in [4.69, 9.17) is 0 Å². The molecule has 0 spiro atoms. The highest BCUT2D eigenvalue weighted by Gasteiger charge is 2.13. The van der Waals surface area contributed by atoms with Crippen LogP contribution in [0.1, 0.15) is 20.3 Å². The Bertz CT molecular complexity index is 334. The summed E-state index contributed by atoms with van der Waals surface area (Å²) in [5, 5.41) is 9.44. The first-order chi connectivity index (χ1) is 6.88. The highest BCUT2D eigenvalue weighted by molar-refractivity contribution is 7.99. The Labute approximate surface area is 92.5 Å². The Kier molecular flexibility index (Phi) is 4.11. The molecule has 0 saturated carbocycles. The SMILES string of the molecule is CC(C)(O)CCSc1cc(F)ccc1F. The maximum Gasteiger partial charge on any atom is 0.136 e. The molecule has 0 aromatic heterocycles. The van der Waals surface area contributed by atoms with Gasteiger partial charge in [-0.2, -0.15) is 0 Å². The lowest BCUT2D eigenvalue weighted by Gasteiger charge is -2.16. The monoisotopic (exact) mass is 232 g/mol. The van der Waals surface area contributed by atoms with Crippen molar-refractivity contribution in [3.8, 4) is 0 Å². The fourth-order valence-corrected chi connectivity index (χ4v) is 2.22. The van der Waals surface area contributed by atoms with Crippen molar-refractivity contribution < 1.29 is 13.9 Å². The highest BCUT2D eigenvalue weighted by atomic mass is 32.2. The minimum Gasteiger partial charge on any atom is -0.390 e. The van der Waals surface area contributed by atoms with Gasteiger partial charge in [0.15, 0.2) is 0 Å². The molecule has 0 heterocycles. The summed E-state index contributed by atoms with van der Waals surface area (Å²) in [4.78, 5) is 0.291. The fourth-order valence-electron chi connectivity index (χ4n) is 0.999. The largest absolute Gasteiger partial charge is 0.390 e. The van der Waals surface area contributed by atoms with Gasteiger partial charge in [-0.15, -0.1) is 11.8 Å². The third-order valence-corrected chi connectivity index (χ3v) is 2.90. The Balaban J connectivity index is 2.54. The average molecular weight is 232 g/mol. The fraction of sp³-hybridized carbons (Fsp3) is 0.455. The molecule has 0 amide bonds. The second-order valence-electron chi connectivity index (χ2n) is 3.99. The van der Waals surface area contributed by atoms with Crippen molar-refractivity contribution in [1.29, 1.82) is 0 Å². The summed E-state index contributed by atoms with van der Waals surface area (Å²) in [6, 6.07) is 3.38. The van der Waals surface area contributed by atoms with Crippen LogP contribution in [0.5, 0.6) is 0 Å². The first-order valence-electron chi connectivity index (χ1n) is 4.69. The van der Waals surface area contributed by atoms with E-state index in [2.05, 4.69) is 0 Å². The molecule has 0 atom stereocenters. The van der Waals surface area contributed by atoms with Crippen molar-refractivity contribution in [3.05, 3.63) is 29.8 Å². The molecule has 0 fully saturated rings. The van der Waals surface area contributed by atoms with E-state index in [0.717, 1.165) is 12.1 Å². The second kappa shape index (κ2) is 4.94. The van der Waals surface area contributed by atoms with E-state index in [9.17, 15) is 13.9 Å². The summed E-state index contributed by atoms with van der Waals surface area (Å²) in [7, 11) is 0. The zero-order valence-electron chi connectivity index (χ0n) is 8.76. The van der Waals surface area contributed by atoms with E-state index < -0.39 is 17.2 Å². The summed E-state index contributed by atoms with van der Waals surface area (Å²) in [6.45, 7) is 3.38. The molecule has 0 aliphatic rings. The van der Waals surface area contributed by atoms with Crippen LogP contribution in [0, 0.1) is 11.6 Å². The molecule has 0 bridgehead atoms. The first kappa shape index (κ1) is 12.5. The van der Waals surface area contributed by atoms with Crippen LogP contribution in [0.3, 0.4) is 0 Å². The molecular formula is C11H14F2OS. The third kappa shape index (κ3) is 4.62. The predicted molar refractivity (Wildman–Crippen MR) is 58.0 cm³/mol. The van der Waals surface area contributed by atoms with Crippen molar-refractivity contribution in [2.45, 2.75) is 30.8 Å². The van der Waals surface area contributed by atoms with Crippen LogP contribution in [0.25, 0.3) is 0 Å². The van der Waals surface area contributed by atoms with Crippen molar-refractivity contribution in [1.82, 2.24) is 0 Å². The summed E-state index contributed by atoms with van der Waals surface area (Å²) in [6.07, 6.45) is 0.535. The molecule has 4 heteroatoms. The van der Waals surface area contributed by atoms with Crippen LogP contribution in [0.4, 0.5) is 8.78 Å². The number of hydrogen-bond acceptors (Lipinski definition) is 2. The van der Waals surface area contributed by atoms with E-state index in [1.807, 2.05) is 0 Å². The quantitative estimate of drug-likeness (QED) is 0.804. The van der Waals surface area contributed by atoms with Gasteiger partial charge in [0.25, 0.3) is 0 Å². The molecule has 0 unspecified atom stereocenters. The average Bonchev–Trinajstić information content (AvgIpc) is 2.09. The van der Waals surface area contributed by atoms with E-state index in [1.54, 1.807) is 13.8 Å². The molecule has 1 aromatic rings.